The van der Waals surface area contributed by atoms with Crippen LogP contribution < -0.4 is 22.9 Å². The molecule has 4 nitrogen and oxygen atoms in total. The average molecular weight is 417 g/mol. The maximum atomic E-state index is 6.62. The fourth-order valence-electron chi connectivity index (χ4n) is 4.45. The predicted molar refractivity (Wildman–Crippen MR) is 131 cm³/mol. The minimum Gasteiger partial charge on any atom is -0.329 e. The van der Waals surface area contributed by atoms with Crippen molar-refractivity contribution < 1.29 is 0 Å². The molecule has 0 saturated carbocycles. The fraction of sp³-hybridized carbons (Fsp3) is 0.333. The van der Waals surface area contributed by atoms with Crippen molar-refractivity contribution in [3.8, 4) is 0 Å². The second-order valence-electron chi connectivity index (χ2n) is 8.54. The summed E-state index contributed by atoms with van der Waals surface area (Å²) in [5.74, 6) is 0.362. The van der Waals surface area contributed by atoms with Gasteiger partial charge in [-0.3, -0.25) is 0 Å². The maximum absolute atomic E-state index is 6.62. The summed E-state index contributed by atoms with van der Waals surface area (Å²) in [5, 5.41) is 0. The third-order valence-electron chi connectivity index (χ3n) is 6.32. The Morgan fingerprint density at radius 3 is 1.55 bits per heavy atom. The highest BCUT2D eigenvalue weighted by molar-refractivity contribution is 5.50. The lowest BCUT2D eigenvalue weighted by atomic mass is 9.79. The first-order valence-electron chi connectivity index (χ1n) is 11.1. The Bertz CT molecular complexity index is 953. The van der Waals surface area contributed by atoms with Crippen molar-refractivity contribution in [2.45, 2.75) is 51.7 Å². The number of hydrogen-bond acceptors (Lipinski definition) is 4. The van der Waals surface area contributed by atoms with E-state index >= 15 is 0 Å². The lowest BCUT2D eigenvalue weighted by Gasteiger charge is -2.28. The molecule has 3 unspecified atom stereocenters. The molecule has 0 spiro atoms. The Labute approximate surface area is 186 Å². The second-order valence-corrected chi connectivity index (χ2v) is 8.54. The van der Waals surface area contributed by atoms with Crippen molar-refractivity contribution in [1.82, 2.24) is 0 Å². The molecule has 0 aliphatic rings. The zero-order valence-electron chi connectivity index (χ0n) is 18.9. The average Bonchev–Trinajstić information content (AvgIpc) is 2.82. The SMILES string of the molecule is Cc1cc(C(C)c2cccc(CN)c2)c(C(N)CN)c(C(C)c2cccc(CN)c2)c1. The molecule has 3 aromatic carbocycles. The number of hydrogen-bond donors (Lipinski definition) is 4. The Hall–Kier alpha value is -2.50. The normalized spacial score (nSPS) is 14.3. The lowest BCUT2D eigenvalue weighted by molar-refractivity contribution is 0.696. The first-order chi connectivity index (χ1) is 14.9. The summed E-state index contributed by atoms with van der Waals surface area (Å²) < 4.78 is 0. The highest BCUT2D eigenvalue weighted by Gasteiger charge is 2.24. The van der Waals surface area contributed by atoms with Crippen molar-refractivity contribution in [3.63, 3.8) is 0 Å². The van der Waals surface area contributed by atoms with Gasteiger partial charge in [-0.2, -0.15) is 0 Å². The van der Waals surface area contributed by atoms with E-state index in [4.69, 9.17) is 22.9 Å². The second kappa shape index (κ2) is 10.2. The van der Waals surface area contributed by atoms with Crippen LogP contribution in [0, 0.1) is 6.92 Å². The van der Waals surface area contributed by atoms with E-state index in [1.165, 1.54) is 27.8 Å². The van der Waals surface area contributed by atoms with Crippen LogP contribution in [0.2, 0.25) is 0 Å². The van der Waals surface area contributed by atoms with Gasteiger partial charge in [-0.15, -0.1) is 0 Å². The summed E-state index contributed by atoms with van der Waals surface area (Å²) in [7, 11) is 0. The smallest absolute Gasteiger partial charge is 0.0425 e. The van der Waals surface area contributed by atoms with Crippen LogP contribution in [0.3, 0.4) is 0 Å². The minimum absolute atomic E-state index is 0.181. The van der Waals surface area contributed by atoms with Crippen LogP contribution in [-0.4, -0.2) is 6.54 Å². The molecule has 0 amide bonds. The molecule has 164 valence electrons. The monoisotopic (exact) mass is 416 g/mol. The molecule has 0 saturated heterocycles. The number of rotatable bonds is 8. The molecular formula is C27H36N4. The molecule has 0 aromatic heterocycles. The van der Waals surface area contributed by atoms with Gasteiger partial charge in [-0.1, -0.05) is 80.1 Å². The topological polar surface area (TPSA) is 104 Å². The van der Waals surface area contributed by atoms with Gasteiger partial charge in [0.05, 0.1) is 0 Å². The van der Waals surface area contributed by atoms with E-state index in [2.05, 4.69) is 81.4 Å². The van der Waals surface area contributed by atoms with Crippen LogP contribution in [-0.2, 0) is 13.1 Å². The van der Waals surface area contributed by atoms with Crippen LogP contribution in [0.4, 0.5) is 0 Å². The van der Waals surface area contributed by atoms with Crippen LogP contribution in [0.25, 0.3) is 0 Å². The summed E-state index contributed by atoms with van der Waals surface area (Å²) >= 11 is 0. The molecule has 0 fully saturated rings. The summed E-state index contributed by atoms with van der Waals surface area (Å²) in [4.78, 5) is 0. The summed E-state index contributed by atoms with van der Waals surface area (Å²) in [5.41, 5.74) is 34.1. The van der Waals surface area contributed by atoms with Crippen molar-refractivity contribution in [2.24, 2.45) is 22.9 Å². The maximum Gasteiger partial charge on any atom is 0.0425 e. The molecule has 0 heterocycles. The van der Waals surface area contributed by atoms with Gasteiger partial charge in [0.2, 0.25) is 0 Å². The Morgan fingerprint density at radius 1 is 0.710 bits per heavy atom. The van der Waals surface area contributed by atoms with Crippen molar-refractivity contribution in [1.29, 1.82) is 0 Å². The summed E-state index contributed by atoms with van der Waals surface area (Å²) in [6.07, 6.45) is 0. The van der Waals surface area contributed by atoms with E-state index < -0.39 is 0 Å². The largest absolute Gasteiger partial charge is 0.329 e. The molecule has 0 aliphatic carbocycles. The number of nitrogens with two attached hydrogens (primary N) is 4. The number of aryl methyl sites for hydroxylation is 1. The summed E-state index contributed by atoms with van der Waals surface area (Å²) in [6, 6.07) is 21.3. The molecule has 3 atom stereocenters. The van der Waals surface area contributed by atoms with Gasteiger partial charge >= 0.3 is 0 Å². The molecule has 3 aromatic rings. The van der Waals surface area contributed by atoms with Crippen LogP contribution in [0.15, 0.2) is 60.7 Å². The zero-order chi connectivity index (χ0) is 22.5. The van der Waals surface area contributed by atoms with Gasteiger partial charge in [0.25, 0.3) is 0 Å². The third kappa shape index (κ3) is 5.05. The van der Waals surface area contributed by atoms with Crippen LogP contribution in [0.1, 0.15) is 76.2 Å². The van der Waals surface area contributed by atoms with Crippen molar-refractivity contribution in [2.75, 3.05) is 6.54 Å². The molecule has 3 rings (SSSR count). The highest BCUT2D eigenvalue weighted by Crippen LogP contribution is 2.38. The quantitative estimate of drug-likeness (QED) is 0.442. The predicted octanol–water partition coefficient (Wildman–Crippen LogP) is 4.17. The van der Waals surface area contributed by atoms with Gasteiger partial charge in [0.15, 0.2) is 0 Å². The Balaban J connectivity index is 2.17. The van der Waals surface area contributed by atoms with Crippen LogP contribution in [0.5, 0.6) is 0 Å². The lowest BCUT2D eigenvalue weighted by Crippen LogP contribution is -2.25. The van der Waals surface area contributed by atoms with E-state index in [-0.39, 0.29) is 17.9 Å². The van der Waals surface area contributed by atoms with E-state index in [0.717, 1.165) is 16.7 Å². The van der Waals surface area contributed by atoms with Crippen LogP contribution >= 0.6 is 0 Å². The fourth-order valence-corrected chi connectivity index (χ4v) is 4.45. The molecule has 8 N–H and O–H groups in total. The molecule has 0 bridgehead atoms. The van der Waals surface area contributed by atoms with Crippen molar-refractivity contribution in [3.05, 3.63) is 105 Å². The number of benzene rings is 3. The van der Waals surface area contributed by atoms with E-state index in [1.54, 1.807) is 0 Å². The molecular weight excluding hydrogens is 380 g/mol. The minimum atomic E-state index is -0.231. The zero-order valence-corrected chi connectivity index (χ0v) is 18.9. The Morgan fingerprint density at radius 2 is 1.16 bits per heavy atom. The molecule has 0 radical (unpaired) electrons. The van der Waals surface area contributed by atoms with Gasteiger partial charge in [0, 0.05) is 37.5 Å². The third-order valence-corrected chi connectivity index (χ3v) is 6.32. The Kier molecular flexibility index (Phi) is 7.63. The van der Waals surface area contributed by atoms with E-state index in [1.807, 2.05) is 0 Å². The standard InChI is InChI=1S/C27H36N4/c1-17-10-24(18(2)22-8-4-6-20(12-22)14-28)27(26(31)16-30)25(11-17)19(3)23-9-5-7-21(13-23)15-29/h4-13,18-19,26H,14-16,28-31H2,1-3H3. The first kappa shape index (κ1) is 23.2. The summed E-state index contributed by atoms with van der Waals surface area (Å²) in [6.45, 7) is 8.08. The van der Waals surface area contributed by atoms with Gasteiger partial charge in [-0.05, 0) is 45.9 Å². The van der Waals surface area contributed by atoms with Gasteiger partial charge in [0.1, 0.15) is 0 Å². The van der Waals surface area contributed by atoms with Gasteiger partial charge < -0.3 is 22.9 Å². The first-order valence-corrected chi connectivity index (χ1v) is 11.1. The van der Waals surface area contributed by atoms with Crippen molar-refractivity contribution >= 4 is 0 Å². The highest BCUT2D eigenvalue weighted by atomic mass is 14.7. The van der Waals surface area contributed by atoms with E-state index in [0.29, 0.717) is 19.6 Å². The molecule has 0 aliphatic heterocycles. The molecule has 4 heteroatoms. The van der Waals surface area contributed by atoms with E-state index in [9.17, 15) is 0 Å². The van der Waals surface area contributed by atoms with Gasteiger partial charge in [-0.25, -0.2) is 0 Å². The molecule has 31 heavy (non-hydrogen) atoms.